The SMILES string of the molecule is CN=CCOc1ccc(-c2nc(C)ccc2-c2ccc(OC)cc2)cc1. The second kappa shape index (κ2) is 8.30. The first-order valence-electron chi connectivity index (χ1n) is 8.47. The highest BCUT2D eigenvalue weighted by atomic mass is 16.5. The van der Waals surface area contributed by atoms with Crippen LogP contribution >= 0.6 is 0 Å². The van der Waals surface area contributed by atoms with Gasteiger partial charge in [-0.05, 0) is 55.0 Å². The van der Waals surface area contributed by atoms with Crippen molar-refractivity contribution in [3.8, 4) is 33.9 Å². The zero-order valence-electron chi connectivity index (χ0n) is 15.3. The molecule has 0 amide bonds. The summed E-state index contributed by atoms with van der Waals surface area (Å²) >= 11 is 0. The van der Waals surface area contributed by atoms with Crippen LogP contribution in [0.3, 0.4) is 0 Å². The Bertz CT molecular complexity index is 885. The zero-order valence-corrected chi connectivity index (χ0v) is 15.3. The Morgan fingerprint density at radius 2 is 1.54 bits per heavy atom. The van der Waals surface area contributed by atoms with Gasteiger partial charge in [-0.25, -0.2) is 0 Å². The van der Waals surface area contributed by atoms with Crippen molar-refractivity contribution in [2.24, 2.45) is 4.99 Å². The van der Waals surface area contributed by atoms with E-state index in [1.54, 1.807) is 20.4 Å². The van der Waals surface area contributed by atoms with Gasteiger partial charge in [0, 0.05) is 30.1 Å². The van der Waals surface area contributed by atoms with Crippen LogP contribution in [0.5, 0.6) is 11.5 Å². The molecule has 0 bridgehead atoms. The third kappa shape index (κ3) is 4.09. The summed E-state index contributed by atoms with van der Waals surface area (Å²) in [6.45, 7) is 2.47. The lowest BCUT2D eigenvalue weighted by molar-refractivity contribution is 0.380. The number of methoxy groups -OCH3 is 1. The summed E-state index contributed by atoms with van der Waals surface area (Å²) in [5.74, 6) is 1.65. The minimum atomic E-state index is 0.468. The molecule has 0 N–H and O–H groups in total. The van der Waals surface area contributed by atoms with Crippen LogP contribution in [-0.4, -0.2) is 32.0 Å². The number of rotatable bonds is 6. The fraction of sp³-hybridized carbons (Fsp3) is 0.182. The second-order valence-corrected chi connectivity index (χ2v) is 5.85. The van der Waals surface area contributed by atoms with Crippen molar-refractivity contribution in [3.05, 3.63) is 66.4 Å². The first-order chi connectivity index (χ1) is 12.7. The predicted molar refractivity (Wildman–Crippen MR) is 106 cm³/mol. The van der Waals surface area contributed by atoms with Gasteiger partial charge in [-0.3, -0.25) is 9.98 Å². The molecule has 0 fully saturated rings. The van der Waals surface area contributed by atoms with Gasteiger partial charge in [-0.1, -0.05) is 18.2 Å². The van der Waals surface area contributed by atoms with Gasteiger partial charge in [-0.15, -0.1) is 0 Å². The van der Waals surface area contributed by atoms with Crippen molar-refractivity contribution in [2.75, 3.05) is 20.8 Å². The molecule has 0 aliphatic heterocycles. The van der Waals surface area contributed by atoms with Gasteiger partial charge in [0.05, 0.1) is 12.8 Å². The van der Waals surface area contributed by atoms with Gasteiger partial charge in [-0.2, -0.15) is 0 Å². The standard InChI is InChI=1S/C22H22N2O2/c1-16-4-13-21(17-5-9-19(25-3)10-6-17)22(24-16)18-7-11-20(12-8-18)26-15-14-23-2/h4-14H,15H2,1-3H3. The highest BCUT2D eigenvalue weighted by Gasteiger charge is 2.10. The Kier molecular flexibility index (Phi) is 5.64. The van der Waals surface area contributed by atoms with E-state index in [-0.39, 0.29) is 0 Å². The molecule has 3 rings (SSSR count). The van der Waals surface area contributed by atoms with Crippen LogP contribution in [0.2, 0.25) is 0 Å². The van der Waals surface area contributed by atoms with E-state index in [9.17, 15) is 0 Å². The summed E-state index contributed by atoms with van der Waals surface area (Å²) < 4.78 is 10.9. The molecule has 0 saturated heterocycles. The number of hydrogen-bond acceptors (Lipinski definition) is 4. The molecule has 0 aliphatic rings. The van der Waals surface area contributed by atoms with Crippen molar-refractivity contribution in [1.82, 2.24) is 4.98 Å². The molecule has 3 aromatic rings. The van der Waals surface area contributed by atoms with E-state index in [0.717, 1.165) is 39.6 Å². The highest BCUT2D eigenvalue weighted by Crippen LogP contribution is 2.32. The maximum atomic E-state index is 5.62. The second-order valence-electron chi connectivity index (χ2n) is 5.85. The fourth-order valence-electron chi connectivity index (χ4n) is 2.70. The van der Waals surface area contributed by atoms with Gasteiger partial charge in [0.1, 0.15) is 18.1 Å². The van der Waals surface area contributed by atoms with Crippen LogP contribution in [0.1, 0.15) is 5.69 Å². The van der Waals surface area contributed by atoms with E-state index < -0.39 is 0 Å². The molecule has 0 unspecified atom stereocenters. The Morgan fingerprint density at radius 1 is 0.885 bits per heavy atom. The van der Waals surface area contributed by atoms with Crippen LogP contribution in [0, 0.1) is 6.92 Å². The summed E-state index contributed by atoms with van der Waals surface area (Å²) in [7, 11) is 3.40. The Labute approximate surface area is 154 Å². The molecule has 1 aromatic heterocycles. The number of pyridine rings is 1. The summed E-state index contributed by atoms with van der Waals surface area (Å²) in [6.07, 6.45) is 1.73. The molecule has 0 atom stereocenters. The molecule has 2 aromatic carbocycles. The molecule has 4 nitrogen and oxygen atoms in total. The molecule has 0 aliphatic carbocycles. The quantitative estimate of drug-likeness (QED) is 0.602. The average Bonchev–Trinajstić information content (AvgIpc) is 2.69. The van der Waals surface area contributed by atoms with Crippen LogP contribution in [-0.2, 0) is 0 Å². The summed E-state index contributed by atoms with van der Waals surface area (Å²) in [5.41, 5.74) is 5.18. The van der Waals surface area contributed by atoms with Gasteiger partial charge in [0.15, 0.2) is 0 Å². The first kappa shape index (κ1) is 17.7. The number of aliphatic imine (C=N–C) groups is 1. The zero-order chi connectivity index (χ0) is 18.4. The van der Waals surface area contributed by atoms with Crippen LogP contribution in [0.15, 0.2) is 65.7 Å². The monoisotopic (exact) mass is 346 g/mol. The molecular formula is C22H22N2O2. The van der Waals surface area contributed by atoms with Crippen LogP contribution in [0.4, 0.5) is 0 Å². The van der Waals surface area contributed by atoms with Crippen LogP contribution in [0.25, 0.3) is 22.4 Å². The summed E-state index contributed by atoms with van der Waals surface area (Å²) in [5, 5.41) is 0. The van der Waals surface area contributed by atoms with E-state index in [4.69, 9.17) is 14.5 Å². The Morgan fingerprint density at radius 3 is 2.19 bits per heavy atom. The largest absolute Gasteiger partial charge is 0.497 e. The van der Waals surface area contributed by atoms with E-state index in [1.807, 2.05) is 49.4 Å². The van der Waals surface area contributed by atoms with E-state index in [2.05, 4.69) is 23.2 Å². The molecule has 26 heavy (non-hydrogen) atoms. The number of aromatic nitrogens is 1. The number of nitrogens with zero attached hydrogens (tertiary/aromatic N) is 2. The molecule has 1 heterocycles. The van der Waals surface area contributed by atoms with Gasteiger partial charge in [0.2, 0.25) is 0 Å². The van der Waals surface area contributed by atoms with Gasteiger partial charge >= 0.3 is 0 Å². The topological polar surface area (TPSA) is 43.7 Å². The van der Waals surface area contributed by atoms with E-state index in [1.165, 1.54) is 0 Å². The van der Waals surface area contributed by atoms with Gasteiger partial charge < -0.3 is 9.47 Å². The smallest absolute Gasteiger partial charge is 0.123 e. The lowest BCUT2D eigenvalue weighted by Gasteiger charge is -2.12. The number of benzene rings is 2. The van der Waals surface area contributed by atoms with Crippen molar-refractivity contribution in [2.45, 2.75) is 6.92 Å². The Balaban J connectivity index is 1.94. The molecule has 4 heteroatoms. The van der Waals surface area contributed by atoms with E-state index in [0.29, 0.717) is 6.61 Å². The fourth-order valence-corrected chi connectivity index (χ4v) is 2.70. The predicted octanol–water partition coefficient (Wildman–Crippen LogP) is 4.81. The molecule has 0 radical (unpaired) electrons. The van der Waals surface area contributed by atoms with Crippen molar-refractivity contribution >= 4 is 6.21 Å². The maximum Gasteiger partial charge on any atom is 0.123 e. The lowest BCUT2D eigenvalue weighted by atomic mass is 9.98. The normalized spacial score (nSPS) is 10.9. The lowest BCUT2D eigenvalue weighted by Crippen LogP contribution is -1.98. The maximum absolute atomic E-state index is 5.62. The molecule has 0 saturated carbocycles. The van der Waals surface area contributed by atoms with Crippen molar-refractivity contribution in [3.63, 3.8) is 0 Å². The number of aryl methyl sites for hydroxylation is 1. The van der Waals surface area contributed by atoms with E-state index >= 15 is 0 Å². The third-order valence-corrected chi connectivity index (χ3v) is 4.07. The molecular weight excluding hydrogens is 324 g/mol. The molecule has 132 valence electrons. The minimum absolute atomic E-state index is 0.468. The highest BCUT2D eigenvalue weighted by molar-refractivity contribution is 5.81. The van der Waals surface area contributed by atoms with Crippen molar-refractivity contribution < 1.29 is 9.47 Å². The third-order valence-electron chi connectivity index (χ3n) is 4.07. The Hall–Kier alpha value is -3.14. The number of ether oxygens (including phenoxy) is 2. The number of hydrogen-bond donors (Lipinski definition) is 0. The molecule has 0 spiro atoms. The van der Waals surface area contributed by atoms with Crippen LogP contribution < -0.4 is 9.47 Å². The minimum Gasteiger partial charge on any atom is -0.497 e. The summed E-state index contributed by atoms with van der Waals surface area (Å²) in [6, 6.07) is 20.2. The average molecular weight is 346 g/mol. The first-order valence-corrected chi connectivity index (χ1v) is 8.47. The summed E-state index contributed by atoms with van der Waals surface area (Å²) in [4.78, 5) is 8.69. The van der Waals surface area contributed by atoms with Crippen molar-refractivity contribution in [1.29, 1.82) is 0 Å². The van der Waals surface area contributed by atoms with Gasteiger partial charge in [0.25, 0.3) is 0 Å².